The van der Waals surface area contributed by atoms with E-state index in [4.69, 9.17) is 9.84 Å². The molecule has 2 rings (SSSR count). The molecule has 6 heteroatoms. The Bertz CT molecular complexity index is 606. The molecule has 1 aromatic heterocycles. The molecular weight excluding hydrogens is 270 g/mol. The van der Waals surface area contributed by atoms with E-state index in [0.717, 1.165) is 16.9 Å². The van der Waals surface area contributed by atoms with Gasteiger partial charge in [-0.2, -0.15) is 0 Å². The molecule has 0 aliphatic carbocycles. The summed E-state index contributed by atoms with van der Waals surface area (Å²) in [7, 11) is 0. The number of ether oxygens (including phenoxy) is 1. The summed E-state index contributed by atoms with van der Waals surface area (Å²) in [5, 5.41) is 11.8. The molecule has 0 radical (unpaired) electrons. The minimum Gasteiger partial charge on any atom is -0.491 e. The third kappa shape index (κ3) is 3.92. The van der Waals surface area contributed by atoms with Crippen LogP contribution in [-0.4, -0.2) is 34.2 Å². The number of hydrogen-bond acceptors (Lipinski definition) is 5. The van der Waals surface area contributed by atoms with E-state index in [1.807, 2.05) is 32.0 Å². The first-order valence-electron chi connectivity index (χ1n) is 6.56. The van der Waals surface area contributed by atoms with Crippen LogP contribution in [0.15, 0.2) is 30.6 Å². The molecule has 0 bridgehead atoms. The summed E-state index contributed by atoms with van der Waals surface area (Å²) in [6.07, 6.45) is 2.61. The van der Waals surface area contributed by atoms with E-state index < -0.39 is 5.97 Å². The van der Waals surface area contributed by atoms with Crippen LogP contribution < -0.4 is 10.1 Å². The van der Waals surface area contributed by atoms with Crippen LogP contribution in [0.4, 0.5) is 5.82 Å². The van der Waals surface area contributed by atoms with Crippen LogP contribution in [0.5, 0.6) is 5.75 Å². The van der Waals surface area contributed by atoms with Gasteiger partial charge < -0.3 is 15.2 Å². The summed E-state index contributed by atoms with van der Waals surface area (Å²) in [6.45, 7) is 5.04. The summed E-state index contributed by atoms with van der Waals surface area (Å²) in [5.41, 5.74) is 2.12. The number of anilines is 1. The van der Waals surface area contributed by atoms with Crippen molar-refractivity contribution in [1.82, 2.24) is 9.97 Å². The lowest BCUT2D eigenvalue weighted by Gasteiger charge is -2.12. The normalized spacial score (nSPS) is 10.2. The number of aryl methyl sites for hydroxylation is 2. The van der Waals surface area contributed by atoms with Crippen LogP contribution in [0.1, 0.15) is 21.6 Å². The van der Waals surface area contributed by atoms with Crippen LogP contribution in [-0.2, 0) is 0 Å². The molecule has 2 N–H and O–H groups in total. The van der Waals surface area contributed by atoms with E-state index in [-0.39, 0.29) is 5.69 Å². The number of carboxylic acids is 1. The third-order valence-corrected chi connectivity index (χ3v) is 2.93. The van der Waals surface area contributed by atoms with E-state index >= 15 is 0 Å². The summed E-state index contributed by atoms with van der Waals surface area (Å²) in [5.74, 6) is 0.323. The lowest BCUT2D eigenvalue weighted by Crippen LogP contribution is -2.14. The van der Waals surface area contributed by atoms with E-state index in [9.17, 15) is 4.79 Å². The molecule has 0 aliphatic rings. The molecule has 0 spiro atoms. The van der Waals surface area contributed by atoms with Gasteiger partial charge in [-0.1, -0.05) is 18.2 Å². The maximum absolute atomic E-state index is 10.7. The number of para-hydroxylation sites is 1. The number of aromatic carboxylic acids is 1. The average Bonchev–Trinajstić information content (AvgIpc) is 2.46. The van der Waals surface area contributed by atoms with Gasteiger partial charge in [-0.05, 0) is 25.0 Å². The van der Waals surface area contributed by atoms with Gasteiger partial charge in [0.2, 0.25) is 0 Å². The van der Waals surface area contributed by atoms with Gasteiger partial charge in [0, 0.05) is 0 Å². The van der Waals surface area contributed by atoms with Crippen molar-refractivity contribution in [3.63, 3.8) is 0 Å². The molecule has 21 heavy (non-hydrogen) atoms. The predicted octanol–water partition coefficient (Wildman–Crippen LogP) is 2.28. The van der Waals surface area contributed by atoms with E-state index in [1.54, 1.807) is 0 Å². The van der Waals surface area contributed by atoms with Crippen molar-refractivity contribution in [3.05, 3.63) is 47.4 Å². The Morgan fingerprint density at radius 1 is 1.24 bits per heavy atom. The molecule has 1 aromatic carbocycles. The SMILES string of the molecule is Cc1cccc(C)c1OCCNc1cnc(C(=O)O)cn1. The second kappa shape index (κ2) is 6.69. The lowest BCUT2D eigenvalue weighted by atomic mass is 10.1. The highest BCUT2D eigenvalue weighted by Gasteiger charge is 2.05. The number of hydrogen-bond donors (Lipinski definition) is 2. The van der Waals surface area contributed by atoms with Crippen molar-refractivity contribution in [2.75, 3.05) is 18.5 Å². The molecule has 0 aliphatic heterocycles. The Labute approximate surface area is 122 Å². The van der Waals surface area contributed by atoms with Crippen molar-refractivity contribution in [2.24, 2.45) is 0 Å². The average molecular weight is 287 g/mol. The minimum absolute atomic E-state index is 0.0765. The maximum atomic E-state index is 10.7. The molecule has 6 nitrogen and oxygen atoms in total. The molecule has 0 fully saturated rings. The molecule has 0 saturated carbocycles. The summed E-state index contributed by atoms with van der Waals surface area (Å²) in [4.78, 5) is 18.4. The highest BCUT2D eigenvalue weighted by molar-refractivity contribution is 5.84. The summed E-state index contributed by atoms with van der Waals surface area (Å²) < 4.78 is 5.75. The first-order chi connectivity index (χ1) is 10.1. The summed E-state index contributed by atoms with van der Waals surface area (Å²) in [6, 6.07) is 6.01. The summed E-state index contributed by atoms with van der Waals surface area (Å²) >= 11 is 0. The molecule has 110 valence electrons. The topological polar surface area (TPSA) is 84.3 Å². The van der Waals surface area contributed by atoms with Gasteiger partial charge in [-0.25, -0.2) is 14.8 Å². The van der Waals surface area contributed by atoms with Crippen LogP contribution in [0.25, 0.3) is 0 Å². The predicted molar refractivity (Wildman–Crippen MR) is 78.9 cm³/mol. The van der Waals surface area contributed by atoms with E-state index in [0.29, 0.717) is 19.0 Å². The first-order valence-corrected chi connectivity index (χ1v) is 6.56. The van der Waals surface area contributed by atoms with Crippen LogP contribution in [0.3, 0.4) is 0 Å². The van der Waals surface area contributed by atoms with Gasteiger partial charge in [0.25, 0.3) is 0 Å². The minimum atomic E-state index is -1.09. The van der Waals surface area contributed by atoms with Crippen molar-refractivity contribution >= 4 is 11.8 Å². The number of rotatable bonds is 6. The fourth-order valence-electron chi connectivity index (χ4n) is 1.89. The largest absolute Gasteiger partial charge is 0.491 e. The zero-order chi connectivity index (χ0) is 15.2. The smallest absolute Gasteiger partial charge is 0.356 e. The molecule has 2 aromatic rings. The zero-order valence-corrected chi connectivity index (χ0v) is 12.0. The van der Waals surface area contributed by atoms with E-state index in [2.05, 4.69) is 15.3 Å². The van der Waals surface area contributed by atoms with Gasteiger partial charge in [0.1, 0.15) is 18.2 Å². The fourth-order valence-corrected chi connectivity index (χ4v) is 1.89. The van der Waals surface area contributed by atoms with Gasteiger partial charge >= 0.3 is 5.97 Å². The Morgan fingerprint density at radius 2 is 1.95 bits per heavy atom. The highest BCUT2D eigenvalue weighted by atomic mass is 16.5. The Morgan fingerprint density at radius 3 is 2.52 bits per heavy atom. The molecule has 0 saturated heterocycles. The van der Waals surface area contributed by atoms with Crippen molar-refractivity contribution in [2.45, 2.75) is 13.8 Å². The van der Waals surface area contributed by atoms with Crippen molar-refractivity contribution < 1.29 is 14.6 Å². The second-order valence-electron chi connectivity index (χ2n) is 4.59. The van der Waals surface area contributed by atoms with Crippen LogP contribution in [0.2, 0.25) is 0 Å². The third-order valence-electron chi connectivity index (χ3n) is 2.93. The Kier molecular flexibility index (Phi) is 4.71. The fraction of sp³-hybridized carbons (Fsp3) is 0.267. The number of aromatic nitrogens is 2. The number of carbonyl (C=O) groups is 1. The van der Waals surface area contributed by atoms with Gasteiger partial charge in [-0.15, -0.1) is 0 Å². The van der Waals surface area contributed by atoms with E-state index in [1.165, 1.54) is 12.4 Å². The Hall–Kier alpha value is -2.63. The van der Waals surface area contributed by atoms with Gasteiger partial charge in [-0.3, -0.25) is 0 Å². The number of carboxylic acid groups (broad SMARTS) is 1. The highest BCUT2D eigenvalue weighted by Crippen LogP contribution is 2.21. The number of nitrogens with one attached hydrogen (secondary N) is 1. The maximum Gasteiger partial charge on any atom is 0.356 e. The molecular formula is C15H17N3O3. The number of nitrogens with zero attached hydrogens (tertiary/aromatic N) is 2. The standard InChI is InChI=1S/C15H17N3O3/c1-10-4-3-5-11(2)14(10)21-7-6-16-13-9-17-12(8-18-13)15(19)20/h3-5,8-9H,6-7H2,1-2H3,(H,16,18)(H,19,20). The van der Waals surface area contributed by atoms with Crippen LogP contribution in [0, 0.1) is 13.8 Å². The second-order valence-corrected chi connectivity index (χ2v) is 4.59. The lowest BCUT2D eigenvalue weighted by molar-refractivity contribution is 0.0690. The Balaban J connectivity index is 1.83. The monoisotopic (exact) mass is 287 g/mol. The molecule has 0 amide bonds. The quantitative estimate of drug-likeness (QED) is 0.793. The van der Waals surface area contributed by atoms with Gasteiger partial charge in [0.15, 0.2) is 5.69 Å². The van der Waals surface area contributed by atoms with Crippen molar-refractivity contribution in [1.29, 1.82) is 0 Å². The number of benzene rings is 1. The molecule has 0 atom stereocenters. The van der Waals surface area contributed by atoms with Gasteiger partial charge in [0.05, 0.1) is 18.9 Å². The van der Waals surface area contributed by atoms with Crippen LogP contribution >= 0.6 is 0 Å². The molecule has 0 unspecified atom stereocenters. The molecule has 1 heterocycles. The van der Waals surface area contributed by atoms with Crippen molar-refractivity contribution in [3.8, 4) is 5.75 Å². The first kappa shape index (κ1) is 14.8. The zero-order valence-electron chi connectivity index (χ0n) is 12.0.